The first-order valence-corrected chi connectivity index (χ1v) is 5.60. The largest absolute Gasteiger partial charge is 0.472 e. The van der Waals surface area contributed by atoms with Gasteiger partial charge in [-0.15, -0.1) is 0 Å². The molecule has 90 valence electrons. The van der Waals surface area contributed by atoms with Crippen molar-refractivity contribution in [2.45, 2.75) is 6.04 Å². The Morgan fingerprint density at radius 1 is 1.17 bits per heavy atom. The summed E-state index contributed by atoms with van der Waals surface area (Å²) in [6.07, 6.45) is 4.88. The van der Waals surface area contributed by atoms with E-state index < -0.39 is 0 Å². The maximum atomic E-state index is 6.08. The number of para-hydroxylation sites is 1. The summed E-state index contributed by atoms with van der Waals surface area (Å²) in [5.74, 6) is 0. The van der Waals surface area contributed by atoms with Crippen LogP contribution in [0.15, 0.2) is 59.5 Å². The first-order valence-electron chi connectivity index (χ1n) is 5.60. The number of rotatable bonds is 3. The molecule has 2 aromatic heterocycles. The molecule has 0 radical (unpaired) electrons. The Morgan fingerprint density at radius 3 is 2.72 bits per heavy atom. The highest BCUT2D eigenvalue weighted by Gasteiger charge is 2.14. The van der Waals surface area contributed by atoms with Crippen molar-refractivity contribution >= 4 is 0 Å². The molecule has 2 N–H and O–H groups in total. The van der Waals surface area contributed by atoms with Gasteiger partial charge in [-0.3, -0.25) is 0 Å². The monoisotopic (exact) mass is 240 g/mol. The number of benzene rings is 1. The van der Waals surface area contributed by atoms with E-state index in [0.717, 1.165) is 11.3 Å². The van der Waals surface area contributed by atoms with E-state index in [4.69, 9.17) is 10.2 Å². The molecule has 5 nitrogen and oxygen atoms in total. The predicted molar refractivity (Wildman–Crippen MR) is 66.1 cm³/mol. The first-order chi connectivity index (χ1) is 8.84. The van der Waals surface area contributed by atoms with E-state index >= 15 is 0 Å². The molecular formula is C13H12N4O. The average Bonchev–Trinajstić information content (AvgIpc) is 3.10. The van der Waals surface area contributed by atoms with Crippen molar-refractivity contribution in [1.82, 2.24) is 15.0 Å². The molecule has 0 fully saturated rings. The fourth-order valence-corrected chi connectivity index (χ4v) is 1.73. The van der Waals surface area contributed by atoms with Gasteiger partial charge < -0.3 is 10.2 Å². The summed E-state index contributed by atoms with van der Waals surface area (Å²) in [5.41, 5.74) is 8.57. The van der Waals surface area contributed by atoms with E-state index in [2.05, 4.69) is 10.2 Å². The van der Waals surface area contributed by atoms with Gasteiger partial charge in [-0.25, -0.2) is 0 Å². The van der Waals surface area contributed by atoms with E-state index in [9.17, 15) is 0 Å². The molecule has 3 rings (SSSR count). The molecule has 5 heteroatoms. The summed E-state index contributed by atoms with van der Waals surface area (Å²) in [7, 11) is 0. The lowest BCUT2D eigenvalue weighted by Crippen LogP contribution is -2.12. The first kappa shape index (κ1) is 10.7. The predicted octanol–water partition coefficient (Wildman–Crippen LogP) is 1.91. The lowest BCUT2D eigenvalue weighted by molar-refractivity contribution is 0.561. The highest BCUT2D eigenvalue weighted by atomic mass is 16.3. The van der Waals surface area contributed by atoms with Crippen LogP contribution in [0.2, 0.25) is 0 Å². The zero-order valence-electron chi connectivity index (χ0n) is 9.60. The van der Waals surface area contributed by atoms with Crippen LogP contribution in [0, 0.1) is 0 Å². The normalized spacial score (nSPS) is 12.5. The molecule has 0 spiro atoms. The molecule has 0 aliphatic heterocycles. The van der Waals surface area contributed by atoms with Crippen molar-refractivity contribution in [3.05, 3.63) is 66.4 Å². The third kappa shape index (κ3) is 1.91. The van der Waals surface area contributed by atoms with Gasteiger partial charge in [-0.05, 0) is 18.2 Å². The Labute approximate surface area is 104 Å². The van der Waals surface area contributed by atoms with Crippen molar-refractivity contribution < 1.29 is 4.42 Å². The number of nitrogens with two attached hydrogens (primary N) is 1. The van der Waals surface area contributed by atoms with Crippen molar-refractivity contribution in [2.24, 2.45) is 5.73 Å². The molecular weight excluding hydrogens is 228 g/mol. The van der Waals surface area contributed by atoms with E-state index in [-0.39, 0.29) is 6.04 Å². The minimum Gasteiger partial charge on any atom is -0.472 e. The van der Waals surface area contributed by atoms with Crippen molar-refractivity contribution in [2.75, 3.05) is 0 Å². The van der Waals surface area contributed by atoms with E-state index in [1.54, 1.807) is 23.5 Å². The quantitative estimate of drug-likeness (QED) is 0.759. The second-order valence-corrected chi connectivity index (χ2v) is 3.93. The van der Waals surface area contributed by atoms with Gasteiger partial charge in [-0.1, -0.05) is 18.2 Å². The van der Waals surface area contributed by atoms with Gasteiger partial charge in [0.05, 0.1) is 30.5 Å². The zero-order valence-corrected chi connectivity index (χ0v) is 9.60. The van der Waals surface area contributed by atoms with Crippen LogP contribution in [0.5, 0.6) is 0 Å². The Morgan fingerprint density at radius 2 is 2.00 bits per heavy atom. The summed E-state index contributed by atoms with van der Waals surface area (Å²) >= 11 is 0. The van der Waals surface area contributed by atoms with Crippen LogP contribution < -0.4 is 5.73 Å². The Balaban J connectivity index is 1.90. The third-order valence-corrected chi connectivity index (χ3v) is 2.72. The number of furan rings is 1. The average molecular weight is 240 g/mol. The molecule has 0 saturated carbocycles. The number of hydrogen-bond donors (Lipinski definition) is 1. The van der Waals surface area contributed by atoms with Gasteiger partial charge >= 0.3 is 0 Å². The van der Waals surface area contributed by atoms with Crippen LogP contribution >= 0.6 is 0 Å². The summed E-state index contributed by atoms with van der Waals surface area (Å²) in [5, 5.41) is 8.59. The lowest BCUT2D eigenvalue weighted by Gasteiger charge is -2.04. The molecule has 1 aromatic carbocycles. The van der Waals surface area contributed by atoms with E-state index in [1.807, 2.05) is 36.4 Å². The minimum absolute atomic E-state index is 0.318. The number of hydrogen-bond acceptors (Lipinski definition) is 4. The fraction of sp³-hybridized carbons (Fsp3) is 0.0769. The fourth-order valence-electron chi connectivity index (χ4n) is 1.73. The zero-order chi connectivity index (χ0) is 12.4. The van der Waals surface area contributed by atoms with Crippen molar-refractivity contribution in [3.8, 4) is 5.69 Å². The molecule has 18 heavy (non-hydrogen) atoms. The smallest absolute Gasteiger partial charge is 0.104 e. The molecule has 0 aliphatic carbocycles. The molecule has 1 unspecified atom stereocenters. The molecule has 3 aromatic rings. The van der Waals surface area contributed by atoms with Gasteiger partial charge in [0.1, 0.15) is 5.69 Å². The minimum atomic E-state index is -0.318. The molecule has 0 bridgehead atoms. The van der Waals surface area contributed by atoms with Crippen LogP contribution in [0.4, 0.5) is 0 Å². The van der Waals surface area contributed by atoms with E-state index in [1.165, 1.54) is 0 Å². The molecule has 1 atom stereocenters. The van der Waals surface area contributed by atoms with Crippen LogP contribution in [-0.2, 0) is 0 Å². The highest BCUT2D eigenvalue weighted by Crippen LogP contribution is 2.17. The Bertz CT molecular complexity index is 616. The molecule has 0 amide bonds. The highest BCUT2D eigenvalue weighted by molar-refractivity contribution is 5.29. The van der Waals surface area contributed by atoms with Crippen LogP contribution in [-0.4, -0.2) is 15.0 Å². The summed E-state index contributed by atoms with van der Waals surface area (Å²) in [6, 6.07) is 11.2. The second kappa shape index (κ2) is 4.46. The van der Waals surface area contributed by atoms with Crippen LogP contribution in [0.25, 0.3) is 5.69 Å². The summed E-state index contributed by atoms with van der Waals surface area (Å²) in [6.45, 7) is 0. The van der Waals surface area contributed by atoms with Crippen molar-refractivity contribution in [3.63, 3.8) is 0 Å². The standard InChI is InChI=1S/C13H12N4O/c14-13(10-6-7-18-9-10)12-8-15-17(16-12)11-4-2-1-3-5-11/h1-9,13H,14H2. The van der Waals surface area contributed by atoms with Crippen molar-refractivity contribution in [1.29, 1.82) is 0 Å². The van der Waals surface area contributed by atoms with Gasteiger partial charge in [-0.2, -0.15) is 15.0 Å². The van der Waals surface area contributed by atoms with Gasteiger partial charge in [0.2, 0.25) is 0 Å². The topological polar surface area (TPSA) is 69.9 Å². The Hall–Kier alpha value is -2.40. The third-order valence-electron chi connectivity index (χ3n) is 2.72. The number of aromatic nitrogens is 3. The molecule has 0 aliphatic rings. The van der Waals surface area contributed by atoms with Crippen LogP contribution in [0.3, 0.4) is 0 Å². The maximum Gasteiger partial charge on any atom is 0.104 e. The molecule has 0 saturated heterocycles. The maximum absolute atomic E-state index is 6.08. The molecule has 2 heterocycles. The lowest BCUT2D eigenvalue weighted by atomic mass is 10.1. The second-order valence-electron chi connectivity index (χ2n) is 3.93. The Kier molecular flexibility index (Phi) is 2.66. The van der Waals surface area contributed by atoms with Gasteiger partial charge in [0.25, 0.3) is 0 Å². The van der Waals surface area contributed by atoms with Gasteiger partial charge in [0, 0.05) is 5.56 Å². The SMILES string of the molecule is NC(c1ccoc1)c1cnn(-c2ccccc2)n1. The number of nitrogens with zero attached hydrogens (tertiary/aromatic N) is 3. The summed E-state index contributed by atoms with van der Waals surface area (Å²) in [4.78, 5) is 1.56. The van der Waals surface area contributed by atoms with Crippen LogP contribution in [0.1, 0.15) is 17.3 Å². The summed E-state index contributed by atoms with van der Waals surface area (Å²) < 4.78 is 5.01. The van der Waals surface area contributed by atoms with Gasteiger partial charge in [0.15, 0.2) is 0 Å². The van der Waals surface area contributed by atoms with E-state index in [0.29, 0.717) is 5.69 Å².